The number of rotatable bonds is 3. The Kier molecular flexibility index (Phi) is 7.03. The predicted octanol–water partition coefficient (Wildman–Crippen LogP) is 5.19. The standard InChI is InChI=1S/C21H30N2O2S/c24-26(25,20-16-10-12-18-13-11-17-22-21(18)20)23-19-14-8-6-4-2-1-3-5-7-9-15-19/h10-13,16-17,19,23H,1-9,14-15H2. The van der Waals surface area contributed by atoms with Gasteiger partial charge in [-0.2, -0.15) is 0 Å². The maximum atomic E-state index is 13.0. The van der Waals surface area contributed by atoms with Gasteiger partial charge in [0.2, 0.25) is 10.0 Å². The molecule has 0 spiro atoms. The molecule has 0 amide bonds. The van der Waals surface area contributed by atoms with Crippen LogP contribution >= 0.6 is 0 Å². The average Bonchev–Trinajstić information content (AvgIpc) is 2.63. The Morgan fingerprint density at radius 3 is 2.04 bits per heavy atom. The molecule has 1 aromatic carbocycles. The lowest BCUT2D eigenvalue weighted by Gasteiger charge is -2.20. The molecule has 1 saturated carbocycles. The molecule has 0 atom stereocenters. The van der Waals surface area contributed by atoms with Crippen LogP contribution in [0.2, 0.25) is 0 Å². The molecule has 1 heterocycles. The van der Waals surface area contributed by atoms with Gasteiger partial charge in [-0.15, -0.1) is 0 Å². The second-order valence-electron chi connectivity index (χ2n) is 7.41. The van der Waals surface area contributed by atoms with Gasteiger partial charge in [0.1, 0.15) is 4.90 Å². The minimum Gasteiger partial charge on any atom is -0.255 e. The zero-order valence-corrected chi connectivity index (χ0v) is 16.3. The Hall–Kier alpha value is -1.46. The third kappa shape index (κ3) is 5.27. The third-order valence-electron chi connectivity index (χ3n) is 5.31. The number of pyridine rings is 1. The van der Waals surface area contributed by atoms with E-state index in [2.05, 4.69) is 9.71 Å². The van der Waals surface area contributed by atoms with Crippen LogP contribution in [0.5, 0.6) is 0 Å². The van der Waals surface area contributed by atoms with Gasteiger partial charge in [0.25, 0.3) is 0 Å². The lowest BCUT2D eigenvalue weighted by atomic mass is 9.98. The van der Waals surface area contributed by atoms with Crippen molar-refractivity contribution in [3.8, 4) is 0 Å². The fourth-order valence-corrected chi connectivity index (χ4v) is 5.34. The lowest BCUT2D eigenvalue weighted by Crippen LogP contribution is -2.35. The highest BCUT2D eigenvalue weighted by Gasteiger charge is 2.22. The van der Waals surface area contributed by atoms with Crippen molar-refractivity contribution in [2.75, 3.05) is 0 Å². The molecule has 0 aliphatic heterocycles. The van der Waals surface area contributed by atoms with E-state index in [4.69, 9.17) is 0 Å². The zero-order valence-electron chi connectivity index (χ0n) is 15.5. The van der Waals surface area contributed by atoms with Crippen LogP contribution in [0.3, 0.4) is 0 Å². The van der Waals surface area contributed by atoms with E-state index >= 15 is 0 Å². The highest BCUT2D eigenvalue weighted by atomic mass is 32.2. The van der Waals surface area contributed by atoms with E-state index in [1.54, 1.807) is 18.3 Å². The summed E-state index contributed by atoms with van der Waals surface area (Å²) in [5, 5.41) is 0.856. The summed E-state index contributed by atoms with van der Waals surface area (Å²) in [6, 6.07) is 9.11. The van der Waals surface area contributed by atoms with Gasteiger partial charge in [-0.1, -0.05) is 76.0 Å². The number of hydrogen-bond acceptors (Lipinski definition) is 3. The Bertz CT molecular complexity index is 787. The smallest absolute Gasteiger partial charge is 0.242 e. The van der Waals surface area contributed by atoms with Gasteiger partial charge in [0.15, 0.2) is 0 Å². The first-order valence-electron chi connectivity index (χ1n) is 10.0. The summed E-state index contributed by atoms with van der Waals surface area (Å²) in [5.41, 5.74) is 0.552. The number of hydrogen-bond donors (Lipinski definition) is 1. The summed E-state index contributed by atoms with van der Waals surface area (Å²) < 4.78 is 29.1. The van der Waals surface area contributed by atoms with Gasteiger partial charge in [0.05, 0.1) is 5.52 Å². The normalized spacial score (nSPS) is 18.9. The summed E-state index contributed by atoms with van der Waals surface area (Å²) in [5.74, 6) is 0. The lowest BCUT2D eigenvalue weighted by molar-refractivity contribution is 0.440. The number of benzene rings is 1. The number of nitrogens with zero attached hydrogens (tertiary/aromatic N) is 1. The molecular formula is C21H30N2O2S. The maximum absolute atomic E-state index is 13.0. The molecule has 3 rings (SSSR count). The van der Waals surface area contributed by atoms with Crippen LogP contribution in [0.1, 0.15) is 70.6 Å². The topological polar surface area (TPSA) is 59.1 Å². The molecule has 2 aromatic rings. The van der Waals surface area contributed by atoms with Gasteiger partial charge < -0.3 is 0 Å². The summed E-state index contributed by atoms with van der Waals surface area (Å²) in [4.78, 5) is 4.60. The number of aromatic nitrogens is 1. The van der Waals surface area contributed by atoms with Crippen molar-refractivity contribution >= 4 is 20.9 Å². The molecule has 5 heteroatoms. The fraction of sp³-hybridized carbons (Fsp3) is 0.571. The van der Waals surface area contributed by atoms with E-state index < -0.39 is 10.0 Å². The monoisotopic (exact) mass is 374 g/mol. The Balaban J connectivity index is 1.75. The van der Waals surface area contributed by atoms with Crippen molar-refractivity contribution in [3.05, 3.63) is 36.5 Å². The molecule has 26 heavy (non-hydrogen) atoms. The minimum absolute atomic E-state index is 0.0263. The van der Waals surface area contributed by atoms with Crippen molar-refractivity contribution in [2.24, 2.45) is 0 Å². The van der Waals surface area contributed by atoms with Gasteiger partial charge in [-0.3, -0.25) is 4.98 Å². The SMILES string of the molecule is O=S(=O)(NC1CCCCCCCCCCC1)c1cccc2cccnc12. The van der Waals surface area contributed by atoms with Crippen LogP contribution in [0.4, 0.5) is 0 Å². The first-order chi connectivity index (χ1) is 12.7. The van der Waals surface area contributed by atoms with E-state index in [0.29, 0.717) is 10.4 Å². The zero-order chi connectivity index (χ0) is 18.2. The highest BCUT2D eigenvalue weighted by Crippen LogP contribution is 2.23. The van der Waals surface area contributed by atoms with Gasteiger partial charge in [-0.05, 0) is 25.0 Å². The van der Waals surface area contributed by atoms with E-state index in [1.807, 2.05) is 18.2 Å². The molecule has 1 N–H and O–H groups in total. The highest BCUT2D eigenvalue weighted by molar-refractivity contribution is 7.89. The Morgan fingerprint density at radius 1 is 0.808 bits per heavy atom. The second kappa shape index (κ2) is 9.47. The van der Waals surface area contributed by atoms with Crippen LogP contribution in [0.25, 0.3) is 10.9 Å². The summed E-state index contributed by atoms with van der Waals surface area (Å²) >= 11 is 0. The molecule has 1 fully saturated rings. The molecule has 1 aromatic heterocycles. The first-order valence-corrected chi connectivity index (χ1v) is 11.5. The fourth-order valence-electron chi connectivity index (χ4n) is 3.86. The molecule has 0 bridgehead atoms. The van der Waals surface area contributed by atoms with Crippen molar-refractivity contribution in [1.29, 1.82) is 0 Å². The van der Waals surface area contributed by atoms with Crippen molar-refractivity contribution in [1.82, 2.24) is 9.71 Å². The van der Waals surface area contributed by atoms with E-state index in [0.717, 1.165) is 31.1 Å². The molecule has 0 saturated heterocycles. The number of para-hydroxylation sites is 1. The summed E-state index contributed by atoms with van der Waals surface area (Å²) in [7, 11) is -3.56. The number of fused-ring (bicyclic) bond motifs is 1. The average molecular weight is 375 g/mol. The van der Waals surface area contributed by atoms with Crippen LogP contribution in [0, 0.1) is 0 Å². The first kappa shape index (κ1) is 19.3. The minimum atomic E-state index is -3.56. The molecule has 0 unspecified atom stereocenters. The molecular weight excluding hydrogens is 344 g/mol. The summed E-state index contributed by atoms with van der Waals surface area (Å²) in [6.07, 6.45) is 14.6. The van der Waals surface area contributed by atoms with Crippen molar-refractivity contribution < 1.29 is 8.42 Å². The van der Waals surface area contributed by atoms with Crippen LogP contribution < -0.4 is 4.72 Å². The van der Waals surface area contributed by atoms with Crippen molar-refractivity contribution in [3.63, 3.8) is 0 Å². The van der Waals surface area contributed by atoms with Crippen LogP contribution in [0.15, 0.2) is 41.4 Å². The van der Waals surface area contributed by atoms with Crippen LogP contribution in [-0.2, 0) is 10.0 Å². The van der Waals surface area contributed by atoms with E-state index in [1.165, 1.54) is 44.9 Å². The largest absolute Gasteiger partial charge is 0.255 e. The van der Waals surface area contributed by atoms with Crippen molar-refractivity contribution in [2.45, 2.75) is 81.6 Å². The molecule has 4 nitrogen and oxygen atoms in total. The molecule has 1 aliphatic rings. The van der Waals surface area contributed by atoms with Gasteiger partial charge >= 0.3 is 0 Å². The Labute approximate surface area is 157 Å². The third-order valence-corrected chi connectivity index (χ3v) is 6.86. The van der Waals surface area contributed by atoms with Crippen LogP contribution in [-0.4, -0.2) is 19.4 Å². The van der Waals surface area contributed by atoms with E-state index in [-0.39, 0.29) is 6.04 Å². The summed E-state index contributed by atoms with van der Waals surface area (Å²) in [6.45, 7) is 0. The van der Waals surface area contributed by atoms with Gasteiger partial charge in [0, 0.05) is 17.6 Å². The van der Waals surface area contributed by atoms with E-state index in [9.17, 15) is 8.42 Å². The number of nitrogens with one attached hydrogen (secondary N) is 1. The number of sulfonamides is 1. The second-order valence-corrected chi connectivity index (χ2v) is 9.09. The Morgan fingerprint density at radius 2 is 1.38 bits per heavy atom. The quantitative estimate of drug-likeness (QED) is 0.804. The molecule has 142 valence electrons. The molecule has 0 radical (unpaired) electrons. The molecule has 1 aliphatic carbocycles. The predicted molar refractivity (Wildman–Crippen MR) is 107 cm³/mol. The maximum Gasteiger partial charge on any atom is 0.242 e. The van der Waals surface area contributed by atoms with Gasteiger partial charge in [-0.25, -0.2) is 13.1 Å².